The van der Waals surface area contributed by atoms with Crippen LogP contribution in [0.1, 0.15) is 17.3 Å². The van der Waals surface area contributed by atoms with Crippen molar-refractivity contribution in [1.82, 2.24) is 5.32 Å². The van der Waals surface area contributed by atoms with E-state index in [9.17, 15) is 4.79 Å². The summed E-state index contributed by atoms with van der Waals surface area (Å²) in [4.78, 5) is 11.3. The molecule has 2 N–H and O–H groups in total. The van der Waals surface area contributed by atoms with Gasteiger partial charge >= 0.3 is 0 Å². The quantitative estimate of drug-likeness (QED) is 0.763. The molecule has 0 aliphatic rings. The van der Waals surface area contributed by atoms with Gasteiger partial charge < -0.3 is 10.4 Å². The third-order valence-corrected chi connectivity index (χ3v) is 2.39. The smallest absolute Gasteiger partial charge is 0.252 e. The topological polar surface area (TPSA) is 49.3 Å². The van der Waals surface area contributed by atoms with Crippen molar-refractivity contribution in [3.05, 3.63) is 22.4 Å². The summed E-state index contributed by atoms with van der Waals surface area (Å²) in [6.45, 7) is 2.50. The maximum absolute atomic E-state index is 11.3. The predicted molar refractivity (Wildman–Crippen MR) is 52.9 cm³/mol. The van der Waals surface area contributed by atoms with Gasteiger partial charge in [0.1, 0.15) is 0 Å². The standard InChI is InChI=1S/C9H13NO2S/c1-7(5-11)4-10-9(12)8-2-3-13-6-8/h2-3,6-7,11H,4-5H2,1H3,(H,10,12). The van der Waals surface area contributed by atoms with E-state index in [1.807, 2.05) is 12.3 Å². The predicted octanol–water partition coefficient (Wildman–Crippen LogP) is 1.11. The van der Waals surface area contributed by atoms with Crippen LogP contribution in [0, 0.1) is 5.92 Å². The normalized spacial score (nSPS) is 12.5. The van der Waals surface area contributed by atoms with E-state index in [2.05, 4.69) is 5.32 Å². The summed E-state index contributed by atoms with van der Waals surface area (Å²) in [7, 11) is 0. The first-order valence-electron chi connectivity index (χ1n) is 4.15. The van der Waals surface area contributed by atoms with E-state index in [-0.39, 0.29) is 18.4 Å². The zero-order chi connectivity index (χ0) is 9.68. The molecule has 0 bridgehead atoms. The maximum Gasteiger partial charge on any atom is 0.252 e. The fourth-order valence-corrected chi connectivity index (χ4v) is 1.46. The lowest BCUT2D eigenvalue weighted by Gasteiger charge is -2.08. The first-order valence-corrected chi connectivity index (χ1v) is 5.09. The van der Waals surface area contributed by atoms with Crippen LogP contribution in [0.15, 0.2) is 16.8 Å². The van der Waals surface area contributed by atoms with E-state index in [0.717, 1.165) is 0 Å². The Balaban J connectivity index is 2.35. The van der Waals surface area contributed by atoms with Crippen LogP contribution in [-0.4, -0.2) is 24.2 Å². The summed E-state index contributed by atoms with van der Waals surface area (Å²) < 4.78 is 0. The Morgan fingerprint density at radius 2 is 2.54 bits per heavy atom. The number of carbonyl (C=O) groups excluding carboxylic acids is 1. The van der Waals surface area contributed by atoms with Crippen molar-refractivity contribution in [1.29, 1.82) is 0 Å². The lowest BCUT2D eigenvalue weighted by molar-refractivity contribution is 0.0943. The first-order chi connectivity index (χ1) is 6.24. The molecule has 1 amide bonds. The minimum Gasteiger partial charge on any atom is -0.396 e. The van der Waals surface area contributed by atoms with Crippen LogP contribution in [0.25, 0.3) is 0 Å². The van der Waals surface area contributed by atoms with E-state index in [1.165, 1.54) is 11.3 Å². The maximum atomic E-state index is 11.3. The second kappa shape index (κ2) is 4.99. The molecule has 13 heavy (non-hydrogen) atoms. The van der Waals surface area contributed by atoms with Gasteiger partial charge in [-0.05, 0) is 17.4 Å². The molecule has 72 valence electrons. The van der Waals surface area contributed by atoms with Gasteiger partial charge in [0.2, 0.25) is 0 Å². The van der Waals surface area contributed by atoms with Gasteiger partial charge in [0.25, 0.3) is 5.91 Å². The largest absolute Gasteiger partial charge is 0.396 e. The van der Waals surface area contributed by atoms with Crippen LogP contribution in [-0.2, 0) is 0 Å². The Hall–Kier alpha value is -0.870. The number of rotatable bonds is 4. The average molecular weight is 199 g/mol. The highest BCUT2D eigenvalue weighted by atomic mass is 32.1. The van der Waals surface area contributed by atoms with E-state index >= 15 is 0 Å². The molecule has 1 atom stereocenters. The molecule has 1 aromatic heterocycles. The molecule has 0 aliphatic carbocycles. The third kappa shape index (κ3) is 3.16. The molecule has 1 rings (SSSR count). The molecule has 1 unspecified atom stereocenters. The summed E-state index contributed by atoms with van der Waals surface area (Å²) in [5.41, 5.74) is 0.690. The number of amides is 1. The number of nitrogens with one attached hydrogen (secondary N) is 1. The SMILES string of the molecule is CC(CO)CNC(=O)c1ccsc1. The van der Waals surface area contributed by atoms with Crippen molar-refractivity contribution in [2.24, 2.45) is 5.92 Å². The van der Waals surface area contributed by atoms with E-state index < -0.39 is 0 Å². The van der Waals surface area contributed by atoms with Crippen molar-refractivity contribution < 1.29 is 9.90 Å². The summed E-state index contributed by atoms with van der Waals surface area (Å²) >= 11 is 1.50. The first kappa shape index (κ1) is 10.2. The number of aliphatic hydroxyl groups excluding tert-OH is 1. The number of carbonyl (C=O) groups is 1. The Bertz CT molecular complexity index is 259. The zero-order valence-corrected chi connectivity index (χ0v) is 8.30. The number of hydrogen-bond acceptors (Lipinski definition) is 3. The zero-order valence-electron chi connectivity index (χ0n) is 7.49. The van der Waals surface area contributed by atoms with Crippen LogP contribution < -0.4 is 5.32 Å². The molecular formula is C9H13NO2S. The Morgan fingerprint density at radius 1 is 1.77 bits per heavy atom. The van der Waals surface area contributed by atoms with Gasteiger partial charge in [0.15, 0.2) is 0 Å². The molecule has 4 heteroatoms. The van der Waals surface area contributed by atoms with Crippen molar-refractivity contribution in [3.63, 3.8) is 0 Å². The molecule has 0 aliphatic heterocycles. The van der Waals surface area contributed by atoms with Crippen molar-refractivity contribution in [3.8, 4) is 0 Å². The van der Waals surface area contributed by atoms with Gasteiger partial charge in [-0.25, -0.2) is 0 Å². The Kier molecular flexibility index (Phi) is 3.92. The average Bonchev–Trinajstić information content (AvgIpc) is 2.66. The monoisotopic (exact) mass is 199 g/mol. The molecule has 0 spiro atoms. The summed E-state index contributed by atoms with van der Waals surface area (Å²) in [6, 6.07) is 1.78. The Morgan fingerprint density at radius 3 is 3.08 bits per heavy atom. The van der Waals surface area contributed by atoms with E-state index in [0.29, 0.717) is 12.1 Å². The van der Waals surface area contributed by atoms with Gasteiger partial charge in [0.05, 0.1) is 0 Å². The molecule has 0 aromatic carbocycles. The minimum atomic E-state index is -0.0680. The molecule has 0 radical (unpaired) electrons. The lowest BCUT2D eigenvalue weighted by Crippen LogP contribution is -2.29. The van der Waals surface area contributed by atoms with Crippen molar-refractivity contribution >= 4 is 17.2 Å². The highest BCUT2D eigenvalue weighted by Gasteiger charge is 2.06. The van der Waals surface area contributed by atoms with E-state index in [4.69, 9.17) is 5.11 Å². The van der Waals surface area contributed by atoms with Crippen LogP contribution in [0.4, 0.5) is 0 Å². The van der Waals surface area contributed by atoms with E-state index in [1.54, 1.807) is 11.4 Å². The molecule has 1 aromatic rings. The number of aliphatic hydroxyl groups is 1. The van der Waals surface area contributed by atoms with Gasteiger partial charge in [-0.2, -0.15) is 11.3 Å². The van der Waals surface area contributed by atoms with Crippen LogP contribution in [0.5, 0.6) is 0 Å². The molecule has 0 saturated carbocycles. The molecule has 3 nitrogen and oxygen atoms in total. The second-order valence-electron chi connectivity index (χ2n) is 3.01. The van der Waals surface area contributed by atoms with Crippen LogP contribution >= 0.6 is 11.3 Å². The lowest BCUT2D eigenvalue weighted by atomic mass is 10.2. The number of hydrogen-bond donors (Lipinski definition) is 2. The van der Waals surface area contributed by atoms with Gasteiger partial charge in [-0.15, -0.1) is 0 Å². The highest BCUT2D eigenvalue weighted by Crippen LogP contribution is 2.05. The summed E-state index contributed by atoms with van der Waals surface area (Å²) in [5, 5.41) is 15.1. The number of thiophene rings is 1. The van der Waals surface area contributed by atoms with Crippen molar-refractivity contribution in [2.75, 3.05) is 13.2 Å². The molecular weight excluding hydrogens is 186 g/mol. The van der Waals surface area contributed by atoms with Gasteiger partial charge in [0, 0.05) is 24.1 Å². The summed E-state index contributed by atoms with van der Waals surface area (Å²) in [6.07, 6.45) is 0. The third-order valence-electron chi connectivity index (χ3n) is 1.71. The molecule has 0 fully saturated rings. The fraction of sp³-hybridized carbons (Fsp3) is 0.444. The van der Waals surface area contributed by atoms with Crippen LogP contribution in [0.2, 0.25) is 0 Å². The van der Waals surface area contributed by atoms with Crippen LogP contribution in [0.3, 0.4) is 0 Å². The Labute approximate surface area is 81.4 Å². The fourth-order valence-electron chi connectivity index (χ4n) is 0.827. The second-order valence-corrected chi connectivity index (χ2v) is 3.79. The van der Waals surface area contributed by atoms with Gasteiger partial charge in [-0.3, -0.25) is 4.79 Å². The summed E-state index contributed by atoms with van der Waals surface area (Å²) in [5.74, 6) is 0.0455. The highest BCUT2D eigenvalue weighted by molar-refractivity contribution is 7.08. The van der Waals surface area contributed by atoms with Crippen molar-refractivity contribution in [2.45, 2.75) is 6.92 Å². The minimum absolute atomic E-state index is 0.0680. The molecule has 0 saturated heterocycles. The molecule has 1 heterocycles. The van der Waals surface area contributed by atoms with Gasteiger partial charge in [-0.1, -0.05) is 6.92 Å².